The first kappa shape index (κ1) is 21.9. The lowest BCUT2D eigenvalue weighted by molar-refractivity contribution is -0.126. The van der Waals surface area contributed by atoms with Crippen LogP contribution in [0.3, 0.4) is 0 Å². The molecule has 0 saturated heterocycles. The Hall–Kier alpha value is -2.44. The van der Waals surface area contributed by atoms with Gasteiger partial charge in [-0.25, -0.2) is 13.6 Å². The number of primary sulfonamides is 1. The van der Waals surface area contributed by atoms with Crippen LogP contribution in [0.25, 0.3) is 6.08 Å². The maximum absolute atomic E-state index is 12.5. The van der Waals surface area contributed by atoms with Crippen molar-refractivity contribution in [3.05, 3.63) is 71.3 Å². The Morgan fingerprint density at radius 2 is 1.57 bits per heavy atom. The fourth-order valence-electron chi connectivity index (χ4n) is 2.73. The molecule has 0 heterocycles. The number of likely N-dealkylation sites (N-methyl/N-ethyl adjacent to an activating group) is 1. The van der Waals surface area contributed by atoms with E-state index in [2.05, 4.69) is 32.9 Å². The van der Waals surface area contributed by atoms with Crippen molar-refractivity contribution < 1.29 is 13.2 Å². The Morgan fingerprint density at radius 1 is 1.04 bits per heavy atom. The number of carbonyl (C=O) groups excluding carboxylic acids is 1. The number of nitrogens with two attached hydrogens (primary N) is 1. The first-order chi connectivity index (χ1) is 12.9. The standard InChI is InChI=1S/C22H28N2O3S/c1-16(18-9-13-20(14-10-18)28(23,26)27)24(5)21(25)15-8-17-6-11-19(12-7-17)22(2,3)4/h6-16H,1-5H3,(H2,23,26,27)/b15-8+. The van der Waals surface area contributed by atoms with Crippen LogP contribution in [-0.2, 0) is 20.2 Å². The van der Waals surface area contributed by atoms with Gasteiger partial charge in [0.2, 0.25) is 15.9 Å². The van der Waals surface area contributed by atoms with E-state index in [1.807, 2.05) is 19.1 Å². The Balaban J connectivity index is 2.08. The zero-order valence-corrected chi connectivity index (χ0v) is 17.8. The lowest BCUT2D eigenvalue weighted by Crippen LogP contribution is -2.28. The highest BCUT2D eigenvalue weighted by Crippen LogP contribution is 2.23. The first-order valence-electron chi connectivity index (χ1n) is 9.08. The van der Waals surface area contributed by atoms with Crippen molar-refractivity contribution in [2.75, 3.05) is 7.05 Å². The predicted molar refractivity (Wildman–Crippen MR) is 113 cm³/mol. The molecular formula is C22H28N2O3S. The molecule has 0 radical (unpaired) electrons. The van der Waals surface area contributed by atoms with Crippen molar-refractivity contribution in [2.24, 2.45) is 5.14 Å². The molecule has 1 unspecified atom stereocenters. The molecule has 150 valence electrons. The van der Waals surface area contributed by atoms with Crippen LogP contribution in [0.4, 0.5) is 0 Å². The summed E-state index contributed by atoms with van der Waals surface area (Å²) in [6.07, 6.45) is 3.34. The van der Waals surface area contributed by atoms with Crippen LogP contribution in [0.5, 0.6) is 0 Å². The topological polar surface area (TPSA) is 80.5 Å². The molecule has 2 N–H and O–H groups in total. The summed E-state index contributed by atoms with van der Waals surface area (Å²) in [6, 6.07) is 14.2. The van der Waals surface area contributed by atoms with Crippen molar-refractivity contribution in [1.82, 2.24) is 4.90 Å². The minimum Gasteiger partial charge on any atom is -0.335 e. The number of nitrogens with zero attached hydrogens (tertiary/aromatic N) is 1. The normalized spacial score (nSPS) is 13.5. The van der Waals surface area contributed by atoms with E-state index in [1.165, 1.54) is 17.7 Å². The molecule has 1 atom stereocenters. The van der Waals surface area contributed by atoms with Gasteiger partial charge in [0.15, 0.2) is 0 Å². The first-order valence-corrected chi connectivity index (χ1v) is 10.6. The minimum atomic E-state index is -3.73. The third-order valence-corrected chi connectivity index (χ3v) is 5.74. The molecule has 2 aromatic carbocycles. The second kappa shape index (κ2) is 8.29. The van der Waals surface area contributed by atoms with Gasteiger partial charge in [0.1, 0.15) is 0 Å². The van der Waals surface area contributed by atoms with Gasteiger partial charge in [0.05, 0.1) is 10.9 Å². The second-order valence-electron chi connectivity index (χ2n) is 7.94. The Labute approximate surface area is 167 Å². The van der Waals surface area contributed by atoms with E-state index in [1.54, 1.807) is 36.2 Å². The van der Waals surface area contributed by atoms with Gasteiger partial charge in [0, 0.05) is 13.1 Å². The van der Waals surface area contributed by atoms with E-state index >= 15 is 0 Å². The number of sulfonamides is 1. The average Bonchev–Trinajstić information content (AvgIpc) is 2.64. The van der Waals surface area contributed by atoms with Crippen LogP contribution in [0.2, 0.25) is 0 Å². The molecule has 6 heteroatoms. The van der Waals surface area contributed by atoms with Gasteiger partial charge in [-0.15, -0.1) is 0 Å². The molecule has 0 aliphatic rings. The van der Waals surface area contributed by atoms with Crippen LogP contribution in [0.15, 0.2) is 59.5 Å². The average molecular weight is 401 g/mol. The summed E-state index contributed by atoms with van der Waals surface area (Å²) in [5.41, 5.74) is 3.11. The van der Waals surface area contributed by atoms with Gasteiger partial charge in [-0.1, -0.05) is 57.2 Å². The predicted octanol–water partition coefficient (Wildman–Crippen LogP) is 3.86. The molecule has 0 bridgehead atoms. The summed E-state index contributed by atoms with van der Waals surface area (Å²) in [4.78, 5) is 14.2. The van der Waals surface area contributed by atoms with Crippen LogP contribution in [0, 0.1) is 0 Å². The molecule has 5 nitrogen and oxygen atoms in total. The van der Waals surface area contributed by atoms with Crippen LogP contribution in [-0.4, -0.2) is 26.3 Å². The summed E-state index contributed by atoms with van der Waals surface area (Å²) >= 11 is 0. The minimum absolute atomic E-state index is 0.0519. The van der Waals surface area contributed by atoms with Gasteiger partial charge in [0.25, 0.3) is 0 Å². The van der Waals surface area contributed by atoms with Crippen LogP contribution >= 0.6 is 0 Å². The van der Waals surface area contributed by atoms with Gasteiger partial charge in [-0.3, -0.25) is 4.79 Å². The third kappa shape index (κ3) is 5.53. The molecule has 0 spiro atoms. The molecule has 0 aliphatic heterocycles. The fourth-order valence-corrected chi connectivity index (χ4v) is 3.25. The van der Waals surface area contributed by atoms with E-state index in [9.17, 15) is 13.2 Å². The molecular weight excluding hydrogens is 372 g/mol. The summed E-state index contributed by atoms with van der Waals surface area (Å²) < 4.78 is 22.7. The van der Waals surface area contributed by atoms with Gasteiger partial charge in [-0.2, -0.15) is 0 Å². The van der Waals surface area contributed by atoms with Gasteiger partial charge in [-0.05, 0) is 47.2 Å². The Morgan fingerprint density at radius 3 is 2.04 bits per heavy atom. The van der Waals surface area contributed by atoms with Crippen molar-refractivity contribution in [3.63, 3.8) is 0 Å². The highest BCUT2D eigenvalue weighted by Gasteiger charge is 2.17. The fraction of sp³-hybridized carbons (Fsp3) is 0.318. The molecule has 0 aliphatic carbocycles. The second-order valence-corrected chi connectivity index (χ2v) is 9.51. The zero-order valence-electron chi connectivity index (χ0n) is 17.0. The third-order valence-electron chi connectivity index (χ3n) is 4.81. The number of benzene rings is 2. The van der Waals surface area contributed by atoms with Crippen LogP contribution < -0.4 is 5.14 Å². The molecule has 0 fully saturated rings. The lowest BCUT2D eigenvalue weighted by Gasteiger charge is -2.24. The summed E-state index contributed by atoms with van der Waals surface area (Å²) in [5.74, 6) is -0.136. The van der Waals surface area contributed by atoms with E-state index in [0.29, 0.717) is 0 Å². The van der Waals surface area contributed by atoms with Crippen molar-refractivity contribution in [2.45, 2.75) is 44.0 Å². The van der Waals surface area contributed by atoms with E-state index in [4.69, 9.17) is 5.14 Å². The zero-order chi connectivity index (χ0) is 21.1. The highest BCUT2D eigenvalue weighted by atomic mass is 32.2. The summed E-state index contributed by atoms with van der Waals surface area (Å²) in [6.45, 7) is 8.36. The van der Waals surface area contributed by atoms with Crippen molar-refractivity contribution >= 4 is 22.0 Å². The number of hydrogen-bond donors (Lipinski definition) is 1. The summed E-state index contributed by atoms with van der Waals surface area (Å²) in [5, 5.41) is 5.12. The van der Waals surface area contributed by atoms with E-state index in [0.717, 1.165) is 11.1 Å². The molecule has 0 saturated carbocycles. The number of rotatable bonds is 5. The number of hydrogen-bond acceptors (Lipinski definition) is 3. The lowest BCUT2D eigenvalue weighted by atomic mass is 9.87. The summed E-state index contributed by atoms with van der Waals surface area (Å²) in [7, 11) is -2.01. The highest BCUT2D eigenvalue weighted by molar-refractivity contribution is 7.89. The van der Waals surface area contributed by atoms with Crippen molar-refractivity contribution in [1.29, 1.82) is 0 Å². The largest absolute Gasteiger partial charge is 0.335 e. The SMILES string of the molecule is CC(c1ccc(S(N)(=O)=O)cc1)N(C)C(=O)/C=C/c1ccc(C(C)(C)C)cc1. The molecule has 2 rings (SSSR count). The van der Waals surface area contributed by atoms with Gasteiger partial charge < -0.3 is 4.90 Å². The van der Waals surface area contributed by atoms with E-state index < -0.39 is 10.0 Å². The number of amides is 1. The van der Waals surface area contributed by atoms with Gasteiger partial charge >= 0.3 is 0 Å². The Bertz CT molecular complexity index is 954. The van der Waals surface area contributed by atoms with Crippen LogP contribution in [0.1, 0.15) is 50.4 Å². The van der Waals surface area contributed by atoms with E-state index in [-0.39, 0.29) is 22.3 Å². The quantitative estimate of drug-likeness (QED) is 0.774. The maximum atomic E-state index is 12.5. The molecule has 0 aromatic heterocycles. The molecule has 2 aromatic rings. The van der Waals surface area contributed by atoms with Crippen molar-refractivity contribution in [3.8, 4) is 0 Å². The monoisotopic (exact) mass is 400 g/mol. The molecule has 28 heavy (non-hydrogen) atoms. The number of carbonyl (C=O) groups is 1. The molecule has 1 amide bonds. The maximum Gasteiger partial charge on any atom is 0.246 e. The Kier molecular flexibility index (Phi) is 6.47. The smallest absolute Gasteiger partial charge is 0.246 e.